The summed E-state index contributed by atoms with van der Waals surface area (Å²) in [4.78, 5) is 0. The van der Waals surface area contributed by atoms with E-state index in [0.717, 1.165) is 5.56 Å². The van der Waals surface area contributed by atoms with Gasteiger partial charge < -0.3 is 5.11 Å². The van der Waals surface area contributed by atoms with E-state index in [1.54, 1.807) is 6.92 Å². The van der Waals surface area contributed by atoms with Gasteiger partial charge in [-0.3, -0.25) is 4.55 Å². The average Bonchev–Trinajstić information content (AvgIpc) is 2.18. The molecule has 0 spiro atoms. The fourth-order valence-electron chi connectivity index (χ4n) is 0.841. The second kappa shape index (κ2) is 7.39. The van der Waals surface area contributed by atoms with Gasteiger partial charge in [0.25, 0.3) is 10.1 Å². The van der Waals surface area contributed by atoms with Crippen molar-refractivity contribution in [2.75, 3.05) is 5.75 Å². The summed E-state index contributed by atoms with van der Waals surface area (Å²) in [7, 11) is -3.67. The third-order valence-corrected chi connectivity index (χ3v) is 2.41. The van der Waals surface area contributed by atoms with Gasteiger partial charge in [-0.15, -0.1) is 0 Å². The van der Waals surface area contributed by atoms with E-state index in [9.17, 15) is 8.42 Å². The van der Waals surface area contributed by atoms with Gasteiger partial charge in [-0.2, -0.15) is 8.42 Å². The van der Waals surface area contributed by atoms with Gasteiger partial charge in [0.1, 0.15) is 0 Å². The lowest BCUT2D eigenvalue weighted by atomic mass is 10.2. The van der Waals surface area contributed by atoms with Gasteiger partial charge >= 0.3 is 0 Å². The van der Waals surface area contributed by atoms with Gasteiger partial charge in [0.2, 0.25) is 0 Å². The first-order chi connectivity index (χ1) is 6.99. The highest BCUT2D eigenvalue weighted by Gasteiger charge is 1.98. The molecule has 5 heteroatoms. The molecular weight excluding hydrogens is 216 g/mol. The third-order valence-electron chi connectivity index (χ3n) is 1.49. The highest BCUT2D eigenvalue weighted by molar-refractivity contribution is 7.85. The Morgan fingerprint density at radius 2 is 1.73 bits per heavy atom. The van der Waals surface area contributed by atoms with Gasteiger partial charge in [-0.25, -0.2) is 0 Å². The van der Waals surface area contributed by atoms with Crippen LogP contribution in [0.4, 0.5) is 0 Å². The van der Waals surface area contributed by atoms with Gasteiger partial charge in [0.05, 0.1) is 12.4 Å². The molecule has 0 radical (unpaired) electrons. The number of benzene rings is 1. The van der Waals surface area contributed by atoms with Crippen LogP contribution in [0.2, 0.25) is 0 Å². The number of aliphatic hydroxyl groups excluding tert-OH is 1. The Kier molecular flexibility index (Phi) is 6.94. The van der Waals surface area contributed by atoms with Crippen molar-refractivity contribution in [2.45, 2.75) is 20.0 Å². The summed E-state index contributed by atoms with van der Waals surface area (Å²) < 4.78 is 27.6. The quantitative estimate of drug-likeness (QED) is 0.774. The highest BCUT2D eigenvalue weighted by atomic mass is 32.2. The Bertz CT molecular complexity index is 345. The van der Waals surface area contributed by atoms with Crippen LogP contribution in [0.3, 0.4) is 0 Å². The summed E-state index contributed by atoms with van der Waals surface area (Å²) in [5.41, 5.74) is 0.965. The van der Waals surface area contributed by atoms with Crippen molar-refractivity contribution >= 4 is 10.1 Å². The molecule has 0 unspecified atom stereocenters. The number of rotatable bonds is 3. The zero-order valence-corrected chi connectivity index (χ0v) is 9.44. The Morgan fingerprint density at radius 3 is 1.93 bits per heavy atom. The van der Waals surface area contributed by atoms with Crippen molar-refractivity contribution in [3.05, 3.63) is 35.9 Å². The van der Waals surface area contributed by atoms with Gasteiger partial charge in [0.15, 0.2) is 0 Å². The van der Waals surface area contributed by atoms with E-state index in [1.807, 2.05) is 30.3 Å². The molecule has 1 aromatic rings. The minimum absolute atomic E-state index is 0.132. The zero-order chi connectivity index (χ0) is 11.7. The van der Waals surface area contributed by atoms with Gasteiger partial charge in [-0.05, 0) is 12.0 Å². The Labute approximate surface area is 90.3 Å². The SMILES string of the molecule is CCCS(=O)(=O)O.OCc1ccccc1. The van der Waals surface area contributed by atoms with Crippen LogP contribution in [-0.2, 0) is 16.7 Å². The Morgan fingerprint density at radius 1 is 1.20 bits per heavy atom. The maximum absolute atomic E-state index is 9.79. The van der Waals surface area contributed by atoms with Crippen LogP contribution >= 0.6 is 0 Å². The molecule has 15 heavy (non-hydrogen) atoms. The smallest absolute Gasteiger partial charge is 0.264 e. The first kappa shape index (κ1) is 14.1. The summed E-state index contributed by atoms with van der Waals surface area (Å²) in [6.45, 7) is 1.83. The number of aliphatic hydroxyl groups is 1. The summed E-state index contributed by atoms with van der Waals surface area (Å²) in [5.74, 6) is -0.132. The summed E-state index contributed by atoms with van der Waals surface area (Å²) >= 11 is 0. The molecule has 0 aliphatic carbocycles. The molecule has 0 aliphatic heterocycles. The van der Waals surface area contributed by atoms with Crippen molar-refractivity contribution in [1.82, 2.24) is 0 Å². The van der Waals surface area contributed by atoms with Crippen LogP contribution in [0, 0.1) is 0 Å². The molecule has 0 fully saturated rings. The molecule has 0 amide bonds. The minimum atomic E-state index is -3.67. The molecule has 86 valence electrons. The molecule has 0 aromatic heterocycles. The monoisotopic (exact) mass is 232 g/mol. The van der Waals surface area contributed by atoms with Crippen molar-refractivity contribution in [3.63, 3.8) is 0 Å². The zero-order valence-electron chi connectivity index (χ0n) is 8.63. The molecule has 1 aromatic carbocycles. The van der Waals surface area contributed by atoms with E-state index in [0.29, 0.717) is 6.42 Å². The second-order valence-electron chi connectivity index (χ2n) is 2.93. The fourth-order valence-corrected chi connectivity index (χ4v) is 1.36. The van der Waals surface area contributed by atoms with Gasteiger partial charge in [0, 0.05) is 0 Å². The molecule has 0 atom stereocenters. The minimum Gasteiger partial charge on any atom is -0.392 e. The second-order valence-corrected chi connectivity index (χ2v) is 4.50. The third kappa shape index (κ3) is 9.40. The van der Waals surface area contributed by atoms with Crippen LogP contribution in [-0.4, -0.2) is 23.8 Å². The molecule has 0 bridgehead atoms. The van der Waals surface area contributed by atoms with Crippen molar-refractivity contribution < 1.29 is 18.1 Å². The van der Waals surface area contributed by atoms with Crippen LogP contribution in [0.15, 0.2) is 30.3 Å². The molecule has 2 N–H and O–H groups in total. The van der Waals surface area contributed by atoms with E-state index in [-0.39, 0.29) is 12.4 Å². The topological polar surface area (TPSA) is 74.6 Å². The molecule has 4 nitrogen and oxygen atoms in total. The van der Waals surface area contributed by atoms with Crippen molar-refractivity contribution in [3.8, 4) is 0 Å². The van der Waals surface area contributed by atoms with Crippen LogP contribution in [0.1, 0.15) is 18.9 Å². The van der Waals surface area contributed by atoms with E-state index in [4.69, 9.17) is 9.66 Å². The highest BCUT2D eigenvalue weighted by Crippen LogP contribution is 1.95. The van der Waals surface area contributed by atoms with Gasteiger partial charge in [-0.1, -0.05) is 37.3 Å². The van der Waals surface area contributed by atoms with Crippen molar-refractivity contribution in [1.29, 1.82) is 0 Å². The van der Waals surface area contributed by atoms with Crippen LogP contribution < -0.4 is 0 Å². The predicted octanol–water partition coefficient (Wildman–Crippen LogP) is 1.46. The maximum atomic E-state index is 9.79. The normalized spacial score (nSPS) is 10.3. The lowest BCUT2D eigenvalue weighted by Gasteiger charge is -1.89. The first-order valence-electron chi connectivity index (χ1n) is 4.59. The Hall–Kier alpha value is -0.910. The lowest BCUT2D eigenvalue weighted by molar-refractivity contribution is 0.282. The largest absolute Gasteiger partial charge is 0.392 e. The van der Waals surface area contributed by atoms with E-state index in [1.165, 1.54) is 0 Å². The van der Waals surface area contributed by atoms with E-state index >= 15 is 0 Å². The molecule has 0 heterocycles. The average molecular weight is 232 g/mol. The number of hydrogen-bond donors (Lipinski definition) is 2. The van der Waals surface area contributed by atoms with Crippen molar-refractivity contribution in [2.24, 2.45) is 0 Å². The predicted molar refractivity (Wildman–Crippen MR) is 59.1 cm³/mol. The maximum Gasteiger partial charge on any atom is 0.264 e. The van der Waals surface area contributed by atoms with Crippen LogP contribution in [0.25, 0.3) is 0 Å². The van der Waals surface area contributed by atoms with Crippen LogP contribution in [0.5, 0.6) is 0 Å². The van der Waals surface area contributed by atoms with E-state index < -0.39 is 10.1 Å². The summed E-state index contributed by atoms with van der Waals surface area (Å²) in [6, 6.07) is 9.52. The molecular formula is C10H16O4S. The summed E-state index contributed by atoms with van der Waals surface area (Å²) in [6.07, 6.45) is 0.471. The Balaban J connectivity index is 0.000000265. The molecule has 1 rings (SSSR count). The van der Waals surface area contributed by atoms with E-state index in [2.05, 4.69) is 0 Å². The fraction of sp³-hybridized carbons (Fsp3) is 0.400. The molecule has 0 saturated carbocycles. The summed E-state index contributed by atoms with van der Waals surface area (Å²) in [5, 5.41) is 8.54. The lowest BCUT2D eigenvalue weighted by Crippen LogP contribution is -2.01. The standard InChI is InChI=1S/C7H8O.C3H8O3S/c8-6-7-4-2-1-3-5-7;1-2-3-7(4,5)6/h1-5,8H,6H2;2-3H2,1H3,(H,4,5,6). The molecule has 0 saturated heterocycles. The first-order valence-corrected chi connectivity index (χ1v) is 6.20. The molecule has 0 aliphatic rings. The number of hydrogen-bond acceptors (Lipinski definition) is 3.